The fraction of sp³-hybridized carbons (Fsp3) is 0.300. The zero-order valence-electron chi connectivity index (χ0n) is 8.51. The van der Waals surface area contributed by atoms with E-state index >= 15 is 0 Å². The van der Waals surface area contributed by atoms with E-state index in [-0.39, 0.29) is 5.56 Å². The molecule has 0 aliphatic rings. The van der Waals surface area contributed by atoms with Gasteiger partial charge in [-0.05, 0) is 25.2 Å². The summed E-state index contributed by atoms with van der Waals surface area (Å²) in [4.78, 5) is 11.0. The molecule has 4 N–H and O–H groups in total. The van der Waals surface area contributed by atoms with Crippen LogP contribution in [-0.4, -0.2) is 26.0 Å². The number of benzene rings is 1. The molecule has 0 atom stereocenters. The van der Waals surface area contributed by atoms with Crippen LogP contribution < -0.4 is 16.4 Å². The predicted molar refractivity (Wildman–Crippen MR) is 57.3 cm³/mol. The molecule has 0 radical (unpaired) electrons. The van der Waals surface area contributed by atoms with Crippen LogP contribution in [0.25, 0.3) is 0 Å². The molecule has 0 aromatic heterocycles. The average Bonchev–Trinajstić information content (AvgIpc) is 2.20. The number of rotatable bonds is 5. The van der Waals surface area contributed by atoms with Gasteiger partial charge in [0.1, 0.15) is 5.82 Å². The molecule has 1 aromatic rings. The second kappa shape index (κ2) is 5.31. The fourth-order valence-electron chi connectivity index (χ4n) is 1.20. The number of primary amides is 1. The van der Waals surface area contributed by atoms with Gasteiger partial charge in [-0.25, -0.2) is 4.39 Å². The van der Waals surface area contributed by atoms with Crippen molar-refractivity contribution in [3.8, 4) is 0 Å². The van der Waals surface area contributed by atoms with Crippen LogP contribution in [0.15, 0.2) is 18.2 Å². The van der Waals surface area contributed by atoms with Gasteiger partial charge in [-0.15, -0.1) is 0 Å². The van der Waals surface area contributed by atoms with Crippen LogP contribution in [0.5, 0.6) is 0 Å². The summed E-state index contributed by atoms with van der Waals surface area (Å²) in [6.45, 7) is 1.39. The maximum Gasteiger partial charge on any atom is 0.250 e. The summed E-state index contributed by atoms with van der Waals surface area (Å²) in [6.07, 6.45) is 0. The first kappa shape index (κ1) is 11.5. The van der Waals surface area contributed by atoms with Gasteiger partial charge >= 0.3 is 0 Å². The van der Waals surface area contributed by atoms with Crippen molar-refractivity contribution in [3.05, 3.63) is 29.6 Å². The molecule has 1 aromatic carbocycles. The summed E-state index contributed by atoms with van der Waals surface area (Å²) in [7, 11) is 1.82. The highest BCUT2D eigenvalue weighted by molar-refractivity contribution is 5.98. The number of anilines is 1. The van der Waals surface area contributed by atoms with Crippen LogP contribution in [0, 0.1) is 5.82 Å². The van der Waals surface area contributed by atoms with E-state index in [9.17, 15) is 9.18 Å². The minimum Gasteiger partial charge on any atom is -0.383 e. The third kappa shape index (κ3) is 3.21. The smallest absolute Gasteiger partial charge is 0.250 e. The maximum absolute atomic E-state index is 12.8. The zero-order valence-corrected chi connectivity index (χ0v) is 8.51. The lowest BCUT2D eigenvalue weighted by Gasteiger charge is -2.09. The number of carbonyl (C=O) groups excluding carboxylic acids is 1. The number of hydrogen-bond donors (Lipinski definition) is 3. The quantitative estimate of drug-likeness (QED) is 0.623. The Bertz CT molecular complexity index is 355. The van der Waals surface area contributed by atoms with E-state index < -0.39 is 11.7 Å². The fourth-order valence-corrected chi connectivity index (χ4v) is 1.20. The van der Waals surface area contributed by atoms with Gasteiger partial charge in [0.25, 0.3) is 5.91 Å². The molecule has 0 aliphatic carbocycles. The Labute approximate surface area is 87.7 Å². The molecule has 0 saturated carbocycles. The molecule has 1 amide bonds. The second-order valence-corrected chi connectivity index (χ2v) is 3.08. The summed E-state index contributed by atoms with van der Waals surface area (Å²) in [5, 5.41) is 5.94. The van der Waals surface area contributed by atoms with Crippen molar-refractivity contribution in [2.75, 3.05) is 25.5 Å². The first-order chi connectivity index (χ1) is 7.15. The number of hydrogen-bond acceptors (Lipinski definition) is 3. The van der Waals surface area contributed by atoms with Crippen LogP contribution in [-0.2, 0) is 0 Å². The van der Waals surface area contributed by atoms with Crippen molar-refractivity contribution in [1.29, 1.82) is 0 Å². The molecule has 5 heteroatoms. The largest absolute Gasteiger partial charge is 0.383 e. The highest BCUT2D eigenvalue weighted by Gasteiger charge is 2.08. The Hall–Kier alpha value is -1.62. The maximum atomic E-state index is 12.8. The Morgan fingerprint density at radius 1 is 1.47 bits per heavy atom. The Balaban J connectivity index is 2.81. The monoisotopic (exact) mass is 211 g/mol. The van der Waals surface area contributed by atoms with E-state index in [1.54, 1.807) is 0 Å². The van der Waals surface area contributed by atoms with Crippen LogP contribution in [0.3, 0.4) is 0 Å². The number of nitrogens with one attached hydrogen (secondary N) is 2. The van der Waals surface area contributed by atoms with Crippen LogP contribution in [0.1, 0.15) is 10.4 Å². The van der Waals surface area contributed by atoms with Gasteiger partial charge in [-0.2, -0.15) is 0 Å². The summed E-state index contributed by atoms with van der Waals surface area (Å²) in [5.41, 5.74) is 5.85. The molecule has 1 rings (SSSR count). The van der Waals surface area contributed by atoms with Gasteiger partial charge in [0.2, 0.25) is 0 Å². The van der Waals surface area contributed by atoms with Gasteiger partial charge in [0, 0.05) is 18.8 Å². The second-order valence-electron chi connectivity index (χ2n) is 3.08. The van der Waals surface area contributed by atoms with Gasteiger partial charge < -0.3 is 16.4 Å². The molecule has 0 saturated heterocycles. The predicted octanol–water partition coefficient (Wildman–Crippen LogP) is 0.556. The number of carbonyl (C=O) groups is 1. The Morgan fingerprint density at radius 2 is 2.20 bits per heavy atom. The van der Waals surface area contributed by atoms with Gasteiger partial charge in [-0.1, -0.05) is 0 Å². The molecule has 0 fully saturated rings. The molecule has 4 nitrogen and oxygen atoms in total. The van der Waals surface area contributed by atoms with E-state index in [1.807, 2.05) is 7.05 Å². The topological polar surface area (TPSA) is 67.2 Å². The summed E-state index contributed by atoms with van der Waals surface area (Å²) in [6, 6.07) is 3.92. The lowest BCUT2D eigenvalue weighted by Crippen LogP contribution is -2.20. The molecular formula is C10H14FN3O. The van der Waals surface area contributed by atoms with Crippen LogP contribution in [0.2, 0.25) is 0 Å². The number of likely N-dealkylation sites (N-methyl/N-ethyl adjacent to an activating group) is 1. The van der Waals surface area contributed by atoms with Crippen molar-refractivity contribution in [3.63, 3.8) is 0 Å². The minimum atomic E-state index is -0.638. The zero-order chi connectivity index (χ0) is 11.3. The summed E-state index contributed by atoms with van der Waals surface area (Å²) in [5.74, 6) is -1.11. The Kier molecular flexibility index (Phi) is 4.05. The van der Waals surface area contributed by atoms with Crippen LogP contribution >= 0.6 is 0 Å². The van der Waals surface area contributed by atoms with E-state index in [0.717, 1.165) is 12.6 Å². The summed E-state index contributed by atoms with van der Waals surface area (Å²) >= 11 is 0. The van der Waals surface area contributed by atoms with E-state index in [4.69, 9.17) is 5.73 Å². The Morgan fingerprint density at radius 3 is 2.80 bits per heavy atom. The molecular weight excluding hydrogens is 197 g/mol. The number of nitrogens with two attached hydrogens (primary N) is 1. The van der Waals surface area contributed by atoms with Crippen molar-refractivity contribution in [1.82, 2.24) is 5.32 Å². The molecule has 82 valence electrons. The van der Waals surface area contributed by atoms with E-state index in [2.05, 4.69) is 10.6 Å². The molecule has 0 unspecified atom stereocenters. The van der Waals surface area contributed by atoms with Gasteiger partial charge in [0.15, 0.2) is 0 Å². The van der Waals surface area contributed by atoms with Crippen LogP contribution in [0.4, 0.5) is 10.1 Å². The van der Waals surface area contributed by atoms with Crippen molar-refractivity contribution in [2.24, 2.45) is 5.73 Å². The summed E-state index contributed by atoms with van der Waals surface area (Å²) < 4.78 is 12.8. The first-order valence-electron chi connectivity index (χ1n) is 4.63. The highest BCUT2D eigenvalue weighted by atomic mass is 19.1. The van der Waals surface area contributed by atoms with Crippen molar-refractivity contribution >= 4 is 11.6 Å². The van der Waals surface area contributed by atoms with E-state index in [1.165, 1.54) is 12.1 Å². The van der Waals surface area contributed by atoms with Gasteiger partial charge in [0.05, 0.1) is 5.56 Å². The molecule has 15 heavy (non-hydrogen) atoms. The third-order valence-electron chi connectivity index (χ3n) is 1.94. The number of amides is 1. The lowest BCUT2D eigenvalue weighted by atomic mass is 10.1. The molecule has 0 bridgehead atoms. The SMILES string of the molecule is CNCCNc1ccc(F)cc1C(N)=O. The lowest BCUT2D eigenvalue weighted by molar-refractivity contribution is 0.100. The molecule has 0 spiro atoms. The highest BCUT2D eigenvalue weighted by Crippen LogP contribution is 2.15. The number of halogens is 1. The van der Waals surface area contributed by atoms with Crippen molar-refractivity contribution < 1.29 is 9.18 Å². The molecule has 0 aliphatic heterocycles. The van der Waals surface area contributed by atoms with Crippen molar-refractivity contribution in [2.45, 2.75) is 0 Å². The average molecular weight is 211 g/mol. The third-order valence-corrected chi connectivity index (χ3v) is 1.94. The van der Waals surface area contributed by atoms with E-state index in [0.29, 0.717) is 12.2 Å². The minimum absolute atomic E-state index is 0.172. The standard InChI is InChI=1S/C10H14FN3O/c1-13-4-5-14-9-3-2-7(11)6-8(9)10(12)15/h2-3,6,13-14H,4-5H2,1H3,(H2,12,15). The molecule has 0 heterocycles. The first-order valence-corrected chi connectivity index (χ1v) is 4.63. The normalized spacial score (nSPS) is 10.0. The van der Waals surface area contributed by atoms with Gasteiger partial charge in [-0.3, -0.25) is 4.79 Å².